The van der Waals surface area contributed by atoms with Gasteiger partial charge in [0.1, 0.15) is 66.1 Å². The van der Waals surface area contributed by atoms with Crippen LogP contribution in [0.5, 0.6) is 0 Å². The zero-order valence-corrected chi connectivity index (χ0v) is 39.7. The molecule has 20 heteroatoms. The van der Waals surface area contributed by atoms with Gasteiger partial charge in [0.25, 0.3) is 5.91 Å². The number of aliphatic hydroxyl groups is 5. The first-order valence-electron chi connectivity index (χ1n) is 24.8. The van der Waals surface area contributed by atoms with Gasteiger partial charge in [-0.15, -0.1) is 5.10 Å². The van der Waals surface area contributed by atoms with Gasteiger partial charge in [-0.25, -0.2) is 13.9 Å². The number of aromatic nitrogens is 3. The highest BCUT2D eigenvalue weighted by molar-refractivity contribution is 5.89. The van der Waals surface area contributed by atoms with Crippen molar-refractivity contribution >= 4 is 17.7 Å². The molecule has 6 N–H and O–H groups in total. The van der Waals surface area contributed by atoms with Crippen molar-refractivity contribution in [3.63, 3.8) is 0 Å². The molecule has 0 spiro atoms. The second kappa shape index (κ2) is 23.9. The van der Waals surface area contributed by atoms with Gasteiger partial charge in [-0.05, 0) is 82.8 Å². The van der Waals surface area contributed by atoms with Crippen LogP contribution in [0.3, 0.4) is 0 Å². The lowest BCUT2D eigenvalue weighted by Crippen LogP contribution is -2.64. The number of hydrogen-bond acceptors (Lipinski definition) is 17. The second-order valence-corrected chi connectivity index (χ2v) is 19.4. The Bertz CT molecular complexity index is 2180. The number of ketones is 1. The fraction of sp³-hybridized carbons (Fsp3) is 0.660. The van der Waals surface area contributed by atoms with E-state index >= 15 is 0 Å². The van der Waals surface area contributed by atoms with Gasteiger partial charge < -0.3 is 64.2 Å². The average molecular weight is 982 g/mol. The van der Waals surface area contributed by atoms with E-state index in [1.165, 1.54) is 29.8 Å². The van der Waals surface area contributed by atoms with Crippen LogP contribution in [0.25, 0.3) is 11.3 Å². The standard InChI is InChI=1S/C50H68FN5O14/c1-28-40(59)42(61)43(62)49(65-28)70-44-35(56-26-34(53-54-56)31-16-9-17-33(51)23-31)24-32(36(58)18-10-19-52-2)25-37(44)67-50-46(69-48(64)30-14-7-4-8-15-30)45(41(60)39(27-57)68-50)66-38(47(63)55-20-11-21-55)22-29-12-5-3-6-13-29/h4,7-9,14-17,23,26,28-29,32,35,37-46,49-50,52,57,59-62H,3,5-6,10-13,18-22,24-25,27H2,1-2H3/t28?,32?,35?,37-,38+,39+,40-,41+,42+,43?,44-,45?,46?,49+,50-/m1/s1. The lowest BCUT2D eigenvalue weighted by atomic mass is 9.78. The number of ether oxygens (including phenoxy) is 6. The van der Waals surface area contributed by atoms with Gasteiger partial charge >= 0.3 is 5.97 Å². The zero-order valence-electron chi connectivity index (χ0n) is 39.7. The van der Waals surface area contributed by atoms with Gasteiger partial charge in [0.2, 0.25) is 0 Å². The summed E-state index contributed by atoms with van der Waals surface area (Å²) in [5.41, 5.74) is 0.855. The van der Waals surface area contributed by atoms with Crippen LogP contribution in [-0.4, -0.2) is 176 Å². The molecule has 3 aromatic rings. The Hall–Kier alpha value is -4.32. The molecular formula is C50H68FN5O14. The SMILES string of the molecule is CNCCCC(=O)C1CC(n2cc(-c3cccc(F)c3)nn2)[C@@H](O[C@@H]2OC(C)[C@@H](O)[C@H](O)C2O)[C@H](O[C@@H]2O[C@@H](CO)[C@H](O)C(O[C@@H](CC3CCCCC3)C(=O)N3CCC3)C2OC(=O)c2ccccc2)C1. The third-order valence-electron chi connectivity index (χ3n) is 14.6. The summed E-state index contributed by atoms with van der Waals surface area (Å²) in [7, 11) is 1.78. The summed E-state index contributed by atoms with van der Waals surface area (Å²) in [6.07, 6.45) is -10.4. The van der Waals surface area contributed by atoms with E-state index in [0.29, 0.717) is 38.0 Å². The van der Waals surface area contributed by atoms with Crippen LogP contribution in [0, 0.1) is 17.7 Å². The van der Waals surface area contributed by atoms with Crippen molar-refractivity contribution in [1.82, 2.24) is 25.2 Å². The lowest BCUT2D eigenvalue weighted by Gasteiger charge is -2.49. The quantitative estimate of drug-likeness (QED) is 0.0745. The zero-order chi connectivity index (χ0) is 49.5. The average Bonchev–Trinajstić information content (AvgIpc) is 3.85. The van der Waals surface area contributed by atoms with E-state index in [9.17, 15) is 44.3 Å². The van der Waals surface area contributed by atoms with E-state index in [-0.39, 0.29) is 48.1 Å². The second-order valence-electron chi connectivity index (χ2n) is 19.4. The summed E-state index contributed by atoms with van der Waals surface area (Å²) in [5.74, 6) is -2.28. The Morgan fingerprint density at radius 3 is 2.34 bits per heavy atom. The van der Waals surface area contributed by atoms with Crippen LogP contribution in [0.15, 0.2) is 60.8 Å². The Labute approximate surface area is 406 Å². The molecule has 2 aliphatic carbocycles. The molecule has 1 aromatic heterocycles. The highest BCUT2D eigenvalue weighted by Gasteiger charge is 2.55. The number of nitrogens with one attached hydrogen (secondary N) is 1. The number of likely N-dealkylation sites (tertiary alicyclic amines) is 1. The Kier molecular flexibility index (Phi) is 17.8. The van der Waals surface area contributed by atoms with Crippen LogP contribution in [-0.2, 0) is 38.0 Å². The minimum absolute atomic E-state index is 0.0383. The molecule has 70 heavy (non-hydrogen) atoms. The summed E-state index contributed by atoms with van der Waals surface area (Å²) in [5, 5.41) is 67.6. The molecule has 4 heterocycles. The largest absolute Gasteiger partial charge is 0.450 e. The molecule has 5 fully saturated rings. The number of rotatable bonds is 19. The van der Waals surface area contributed by atoms with Gasteiger partial charge in [0.05, 0.1) is 36.6 Å². The number of amides is 1. The molecule has 19 nitrogen and oxygen atoms in total. The van der Waals surface area contributed by atoms with Crippen molar-refractivity contribution < 1.29 is 72.7 Å². The number of esters is 1. The maximum absolute atomic E-state index is 14.5. The van der Waals surface area contributed by atoms with Crippen LogP contribution in [0.4, 0.5) is 4.39 Å². The molecule has 384 valence electrons. The normalized spacial score (nSPS) is 33.3. The van der Waals surface area contributed by atoms with Crippen molar-refractivity contribution in [3.8, 4) is 11.3 Å². The summed E-state index contributed by atoms with van der Waals surface area (Å²) in [4.78, 5) is 44.3. The number of carbonyl (C=O) groups is 3. The molecule has 1 amide bonds. The highest BCUT2D eigenvalue weighted by atomic mass is 19.1. The Balaban J connectivity index is 1.20. The van der Waals surface area contributed by atoms with E-state index in [1.54, 1.807) is 54.5 Å². The predicted octanol–water partition coefficient (Wildman–Crippen LogP) is 2.46. The third kappa shape index (κ3) is 12.1. The molecule has 0 radical (unpaired) electrons. The molecule has 3 aliphatic heterocycles. The van der Waals surface area contributed by atoms with Gasteiger partial charge in [0.15, 0.2) is 18.7 Å². The topological polar surface area (TPSA) is 254 Å². The molecule has 5 aliphatic rings. The van der Waals surface area contributed by atoms with Crippen LogP contribution in [0.1, 0.15) is 94.0 Å². The van der Waals surface area contributed by atoms with E-state index in [2.05, 4.69) is 15.6 Å². The van der Waals surface area contributed by atoms with Crippen LogP contribution in [0.2, 0.25) is 0 Å². The molecule has 0 bridgehead atoms. The lowest BCUT2D eigenvalue weighted by molar-refractivity contribution is -0.348. The maximum atomic E-state index is 14.5. The number of nitrogens with zero attached hydrogens (tertiary/aromatic N) is 4. The molecule has 2 saturated carbocycles. The minimum Gasteiger partial charge on any atom is -0.450 e. The Morgan fingerprint density at radius 1 is 0.871 bits per heavy atom. The number of aliphatic hydroxyl groups excluding tert-OH is 5. The first-order chi connectivity index (χ1) is 33.8. The van der Waals surface area contributed by atoms with Crippen LogP contribution < -0.4 is 5.32 Å². The fourth-order valence-corrected chi connectivity index (χ4v) is 10.4. The van der Waals surface area contributed by atoms with Gasteiger partial charge in [-0.1, -0.05) is 67.6 Å². The smallest absolute Gasteiger partial charge is 0.338 e. The molecule has 6 unspecified atom stereocenters. The number of benzene rings is 2. The molecule has 2 aromatic carbocycles. The summed E-state index contributed by atoms with van der Waals surface area (Å²) >= 11 is 0. The summed E-state index contributed by atoms with van der Waals surface area (Å²) in [6.45, 7) is 2.41. The first-order valence-corrected chi connectivity index (χ1v) is 24.8. The van der Waals surface area contributed by atoms with Crippen molar-refractivity contribution in [2.75, 3.05) is 33.3 Å². The summed E-state index contributed by atoms with van der Waals surface area (Å²) in [6, 6.07) is 12.9. The predicted molar refractivity (Wildman–Crippen MR) is 246 cm³/mol. The number of hydrogen-bond donors (Lipinski definition) is 6. The van der Waals surface area contributed by atoms with Crippen molar-refractivity contribution in [2.45, 2.75) is 163 Å². The van der Waals surface area contributed by atoms with Gasteiger partial charge in [-0.3, -0.25) is 9.59 Å². The Morgan fingerprint density at radius 2 is 1.64 bits per heavy atom. The van der Waals surface area contributed by atoms with Crippen LogP contribution >= 0.6 is 0 Å². The van der Waals surface area contributed by atoms with Crippen molar-refractivity contribution in [3.05, 3.63) is 72.2 Å². The van der Waals surface area contributed by atoms with E-state index in [4.69, 9.17) is 28.4 Å². The van der Waals surface area contributed by atoms with Crippen molar-refractivity contribution in [1.29, 1.82) is 0 Å². The monoisotopic (exact) mass is 981 g/mol. The van der Waals surface area contributed by atoms with Crippen molar-refractivity contribution in [2.24, 2.45) is 11.8 Å². The first kappa shape index (κ1) is 52.0. The van der Waals surface area contributed by atoms with E-state index in [0.717, 1.165) is 38.5 Å². The maximum Gasteiger partial charge on any atom is 0.338 e. The van der Waals surface area contributed by atoms with Gasteiger partial charge in [-0.2, -0.15) is 0 Å². The number of halogens is 1. The molecule has 8 rings (SSSR count). The molecular weight excluding hydrogens is 914 g/mol. The fourth-order valence-electron chi connectivity index (χ4n) is 10.4. The summed E-state index contributed by atoms with van der Waals surface area (Å²) < 4.78 is 54.8. The van der Waals surface area contributed by atoms with E-state index in [1.807, 2.05) is 0 Å². The number of Topliss-reactive ketones (excluding diaryl/α,β-unsaturated/α-hetero) is 1. The minimum atomic E-state index is -1.77. The molecule has 15 atom stereocenters. The number of carbonyl (C=O) groups excluding carboxylic acids is 3. The van der Waals surface area contributed by atoms with Gasteiger partial charge in [0, 0.05) is 31.0 Å². The molecule has 3 saturated heterocycles. The highest BCUT2D eigenvalue weighted by Crippen LogP contribution is 2.42. The third-order valence-corrected chi connectivity index (χ3v) is 14.6. The van der Waals surface area contributed by atoms with E-state index < -0.39 is 110 Å².